The van der Waals surface area contributed by atoms with Gasteiger partial charge in [0.15, 0.2) is 0 Å². The van der Waals surface area contributed by atoms with Gasteiger partial charge in [-0.25, -0.2) is 0 Å². The lowest BCUT2D eigenvalue weighted by Gasteiger charge is -2.40. The summed E-state index contributed by atoms with van der Waals surface area (Å²) >= 11 is 0. The smallest absolute Gasteiger partial charge is 0.0198 e. The van der Waals surface area contributed by atoms with Gasteiger partial charge in [-0.15, -0.1) is 0 Å². The molecule has 21 heavy (non-hydrogen) atoms. The third kappa shape index (κ3) is 3.13. The Morgan fingerprint density at radius 3 is 2.71 bits per heavy atom. The van der Waals surface area contributed by atoms with E-state index in [2.05, 4.69) is 56.3 Å². The molecule has 0 saturated heterocycles. The molecule has 1 heteroatoms. The molecule has 0 amide bonds. The fourth-order valence-electron chi connectivity index (χ4n) is 4.00. The summed E-state index contributed by atoms with van der Waals surface area (Å²) in [4.78, 5) is 0. The highest BCUT2D eigenvalue weighted by Gasteiger charge is 2.34. The Labute approximate surface area is 128 Å². The van der Waals surface area contributed by atoms with Crippen LogP contribution in [0.4, 0.5) is 0 Å². The summed E-state index contributed by atoms with van der Waals surface area (Å²) in [7, 11) is 0. The average molecular weight is 281 g/mol. The van der Waals surface area contributed by atoms with Crippen molar-refractivity contribution in [3.63, 3.8) is 0 Å². The van der Waals surface area contributed by atoms with Gasteiger partial charge in [-0.1, -0.05) is 69.2 Å². The van der Waals surface area contributed by atoms with Crippen LogP contribution >= 0.6 is 0 Å². The maximum Gasteiger partial charge on any atom is 0.0198 e. The molecule has 2 aromatic rings. The van der Waals surface area contributed by atoms with E-state index < -0.39 is 0 Å². The summed E-state index contributed by atoms with van der Waals surface area (Å²) < 4.78 is 0. The number of benzene rings is 2. The molecule has 1 aliphatic carbocycles. The second-order valence-corrected chi connectivity index (χ2v) is 7.28. The molecule has 0 heterocycles. The highest BCUT2D eigenvalue weighted by Crippen LogP contribution is 2.37. The van der Waals surface area contributed by atoms with Gasteiger partial charge in [0.2, 0.25) is 0 Å². The van der Waals surface area contributed by atoms with E-state index in [1.165, 1.54) is 42.0 Å². The molecule has 3 rings (SSSR count). The van der Waals surface area contributed by atoms with E-state index in [-0.39, 0.29) is 5.54 Å². The molecule has 0 bridgehead atoms. The van der Waals surface area contributed by atoms with Crippen molar-refractivity contribution in [2.24, 2.45) is 17.6 Å². The van der Waals surface area contributed by atoms with Crippen LogP contribution < -0.4 is 5.73 Å². The van der Waals surface area contributed by atoms with Gasteiger partial charge in [-0.3, -0.25) is 0 Å². The molecule has 1 fully saturated rings. The second-order valence-electron chi connectivity index (χ2n) is 7.28. The van der Waals surface area contributed by atoms with E-state index in [9.17, 15) is 0 Å². The zero-order valence-corrected chi connectivity index (χ0v) is 13.3. The number of rotatable bonds is 3. The summed E-state index contributed by atoms with van der Waals surface area (Å²) in [6, 6.07) is 15.3. The molecule has 2 unspecified atom stereocenters. The van der Waals surface area contributed by atoms with Crippen LogP contribution in [0.25, 0.3) is 10.8 Å². The lowest BCUT2D eigenvalue weighted by Crippen LogP contribution is -2.47. The summed E-state index contributed by atoms with van der Waals surface area (Å²) in [5.41, 5.74) is 8.21. The molecule has 0 aliphatic heterocycles. The van der Waals surface area contributed by atoms with Crippen LogP contribution in [0.15, 0.2) is 42.5 Å². The Balaban J connectivity index is 1.87. The maximum absolute atomic E-state index is 6.81. The SMILES string of the molecule is CC(C)C1CCCC(N)(Cc2cccc3ccccc23)C1. The third-order valence-electron chi connectivity index (χ3n) is 5.28. The molecule has 2 atom stereocenters. The number of nitrogens with two attached hydrogens (primary N) is 1. The van der Waals surface area contributed by atoms with Gasteiger partial charge in [0.05, 0.1) is 0 Å². The highest BCUT2D eigenvalue weighted by atomic mass is 14.7. The number of hydrogen-bond acceptors (Lipinski definition) is 1. The molecule has 0 radical (unpaired) electrons. The lowest BCUT2D eigenvalue weighted by atomic mass is 9.70. The molecule has 1 saturated carbocycles. The normalized spacial score (nSPS) is 26.4. The van der Waals surface area contributed by atoms with Crippen LogP contribution in [-0.2, 0) is 6.42 Å². The van der Waals surface area contributed by atoms with E-state index in [4.69, 9.17) is 5.73 Å². The van der Waals surface area contributed by atoms with Crippen molar-refractivity contribution in [1.29, 1.82) is 0 Å². The van der Waals surface area contributed by atoms with Crippen molar-refractivity contribution in [1.82, 2.24) is 0 Å². The Hall–Kier alpha value is -1.34. The van der Waals surface area contributed by atoms with Crippen molar-refractivity contribution < 1.29 is 0 Å². The molecule has 112 valence electrons. The molecule has 0 aromatic heterocycles. The van der Waals surface area contributed by atoms with E-state index in [0.717, 1.165) is 18.3 Å². The highest BCUT2D eigenvalue weighted by molar-refractivity contribution is 5.85. The first-order valence-corrected chi connectivity index (χ1v) is 8.33. The van der Waals surface area contributed by atoms with Gasteiger partial charge in [0, 0.05) is 5.54 Å². The molecule has 2 aromatic carbocycles. The van der Waals surface area contributed by atoms with Gasteiger partial charge in [0.25, 0.3) is 0 Å². The van der Waals surface area contributed by atoms with Gasteiger partial charge in [-0.05, 0) is 47.4 Å². The minimum absolute atomic E-state index is 0.0166. The minimum Gasteiger partial charge on any atom is -0.325 e. The first-order valence-electron chi connectivity index (χ1n) is 8.33. The fraction of sp³-hybridized carbons (Fsp3) is 0.500. The van der Waals surface area contributed by atoms with Crippen molar-refractivity contribution in [2.75, 3.05) is 0 Å². The van der Waals surface area contributed by atoms with Gasteiger partial charge in [-0.2, -0.15) is 0 Å². The predicted molar refractivity (Wildman–Crippen MR) is 91.4 cm³/mol. The van der Waals surface area contributed by atoms with Crippen LogP contribution in [0.2, 0.25) is 0 Å². The number of fused-ring (bicyclic) bond motifs is 1. The monoisotopic (exact) mass is 281 g/mol. The third-order valence-corrected chi connectivity index (χ3v) is 5.28. The Morgan fingerprint density at radius 2 is 1.90 bits per heavy atom. The molecule has 0 spiro atoms. The van der Waals surface area contributed by atoms with E-state index in [0.29, 0.717) is 0 Å². The van der Waals surface area contributed by atoms with Gasteiger partial charge >= 0.3 is 0 Å². The molecular weight excluding hydrogens is 254 g/mol. The largest absolute Gasteiger partial charge is 0.325 e. The van der Waals surface area contributed by atoms with Crippen LogP contribution in [0.5, 0.6) is 0 Å². The fourth-order valence-corrected chi connectivity index (χ4v) is 4.00. The van der Waals surface area contributed by atoms with Gasteiger partial charge in [0.1, 0.15) is 0 Å². The summed E-state index contributed by atoms with van der Waals surface area (Å²) in [6.45, 7) is 4.68. The molecule has 1 aliphatic rings. The molecule has 2 N–H and O–H groups in total. The van der Waals surface area contributed by atoms with Crippen LogP contribution in [-0.4, -0.2) is 5.54 Å². The molecular formula is C20H27N. The van der Waals surface area contributed by atoms with Crippen molar-refractivity contribution >= 4 is 10.8 Å². The zero-order chi connectivity index (χ0) is 14.9. The average Bonchev–Trinajstić information content (AvgIpc) is 2.47. The van der Waals surface area contributed by atoms with E-state index >= 15 is 0 Å². The van der Waals surface area contributed by atoms with E-state index in [1.807, 2.05) is 0 Å². The number of hydrogen-bond donors (Lipinski definition) is 1. The van der Waals surface area contributed by atoms with Crippen LogP contribution in [0.3, 0.4) is 0 Å². The quantitative estimate of drug-likeness (QED) is 0.848. The predicted octanol–water partition coefficient (Wildman–Crippen LogP) is 4.93. The Bertz CT molecular complexity index is 611. The van der Waals surface area contributed by atoms with Crippen LogP contribution in [0, 0.1) is 11.8 Å². The Kier molecular flexibility index (Phi) is 4.03. The van der Waals surface area contributed by atoms with Crippen LogP contribution in [0.1, 0.15) is 45.1 Å². The first-order chi connectivity index (χ1) is 10.1. The zero-order valence-electron chi connectivity index (χ0n) is 13.3. The van der Waals surface area contributed by atoms with Crippen molar-refractivity contribution in [2.45, 2.75) is 51.5 Å². The molecule has 1 nitrogen and oxygen atoms in total. The lowest BCUT2D eigenvalue weighted by molar-refractivity contribution is 0.183. The summed E-state index contributed by atoms with van der Waals surface area (Å²) in [5.74, 6) is 1.54. The topological polar surface area (TPSA) is 26.0 Å². The summed E-state index contributed by atoms with van der Waals surface area (Å²) in [6.07, 6.45) is 5.99. The summed E-state index contributed by atoms with van der Waals surface area (Å²) in [5, 5.41) is 2.70. The van der Waals surface area contributed by atoms with Gasteiger partial charge < -0.3 is 5.73 Å². The minimum atomic E-state index is -0.0166. The maximum atomic E-state index is 6.81. The first kappa shape index (κ1) is 14.6. The Morgan fingerprint density at radius 1 is 1.14 bits per heavy atom. The van der Waals surface area contributed by atoms with Crippen molar-refractivity contribution in [3.05, 3.63) is 48.0 Å². The van der Waals surface area contributed by atoms with E-state index in [1.54, 1.807) is 0 Å². The standard InChI is InChI=1S/C20H27N/c1-15(2)17-10-6-12-20(21,13-17)14-18-9-5-8-16-7-3-4-11-19(16)18/h3-5,7-9,11,15,17H,6,10,12-14,21H2,1-2H3. The second kappa shape index (κ2) is 5.81. The van der Waals surface area contributed by atoms with Crippen molar-refractivity contribution in [3.8, 4) is 0 Å².